The molecule has 1 amide bonds. The van der Waals surface area contributed by atoms with Gasteiger partial charge >= 0.3 is 0 Å². The summed E-state index contributed by atoms with van der Waals surface area (Å²) in [4.78, 5) is 10.3. The second-order valence-corrected chi connectivity index (χ2v) is 2.71. The van der Waals surface area contributed by atoms with Gasteiger partial charge in [0.2, 0.25) is 5.91 Å². The highest BCUT2D eigenvalue weighted by molar-refractivity contribution is 5.74. The molecule has 0 spiro atoms. The van der Waals surface area contributed by atoms with E-state index >= 15 is 0 Å². The maximum absolute atomic E-state index is 10.3. The van der Waals surface area contributed by atoms with Crippen LogP contribution in [0.2, 0.25) is 0 Å². The third-order valence-corrected chi connectivity index (χ3v) is 1.06. The molecule has 0 aromatic rings. The van der Waals surface area contributed by atoms with Crippen LogP contribution in [0.25, 0.3) is 0 Å². The molecule has 0 rings (SSSR count). The average Bonchev–Trinajstić information content (AvgIpc) is 1.82. The molecular weight excluding hydrogens is 146 g/mol. The van der Waals surface area contributed by atoms with Gasteiger partial charge in [0.05, 0.1) is 25.2 Å². The highest BCUT2D eigenvalue weighted by Crippen LogP contribution is 1.94. The lowest BCUT2D eigenvalue weighted by molar-refractivity contribution is -0.121. The van der Waals surface area contributed by atoms with Gasteiger partial charge in [-0.05, 0) is 13.8 Å². The van der Waals surface area contributed by atoms with Gasteiger partial charge in [-0.1, -0.05) is 0 Å². The van der Waals surface area contributed by atoms with Crippen molar-refractivity contribution < 1.29 is 14.6 Å². The number of ether oxygens (including phenoxy) is 1. The van der Waals surface area contributed by atoms with Crippen molar-refractivity contribution >= 4 is 5.91 Å². The summed E-state index contributed by atoms with van der Waals surface area (Å²) in [5.74, 6) is -0.509. The Morgan fingerprint density at radius 2 is 2.18 bits per heavy atom. The fraction of sp³-hybridized carbons (Fsp3) is 0.857. The van der Waals surface area contributed by atoms with Crippen LogP contribution >= 0.6 is 0 Å². The smallest absolute Gasteiger partial charge is 0.220 e. The maximum Gasteiger partial charge on any atom is 0.220 e. The molecule has 0 radical (unpaired) electrons. The van der Waals surface area contributed by atoms with Gasteiger partial charge in [-0.15, -0.1) is 0 Å². The van der Waals surface area contributed by atoms with Crippen LogP contribution in [0.3, 0.4) is 0 Å². The van der Waals surface area contributed by atoms with Gasteiger partial charge in [-0.3, -0.25) is 4.79 Å². The van der Waals surface area contributed by atoms with Crippen molar-refractivity contribution in [2.24, 2.45) is 5.73 Å². The van der Waals surface area contributed by atoms with E-state index in [2.05, 4.69) is 0 Å². The Hall–Kier alpha value is -0.610. The second-order valence-electron chi connectivity index (χ2n) is 2.71. The predicted molar refractivity (Wildman–Crippen MR) is 40.9 cm³/mol. The molecule has 0 aromatic heterocycles. The van der Waals surface area contributed by atoms with E-state index in [0.717, 1.165) is 0 Å². The van der Waals surface area contributed by atoms with E-state index in [-0.39, 0.29) is 19.1 Å². The Morgan fingerprint density at radius 3 is 2.55 bits per heavy atom. The molecule has 3 N–H and O–H groups in total. The van der Waals surface area contributed by atoms with E-state index in [9.17, 15) is 4.79 Å². The lowest BCUT2D eigenvalue weighted by atomic mass is 10.2. The number of hydrogen-bond donors (Lipinski definition) is 2. The predicted octanol–water partition coefficient (Wildman–Crippen LogP) is -0.352. The first-order chi connectivity index (χ1) is 5.02. The van der Waals surface area contributed by atoms with Crippen molar-refractivity contribution in [2.45, 2.75) is 32.5 Å². The largest absolute Gasteiger partial charge is 0.390 e. The minimum absolute atomic E-state index is 0.0350. The molecule has 11 heavy (non-hydrogen) atoms. The van der Waals surface area contributed by atoms with Gasteiger partial charge in [-0.2, -0.15) is 0 Å². The summed E-state index contributed by atoms with van der Waals surface area (Å²) in [7, 11) is 0. The van der Waals surface area contributed by atoms with E-state index < -0.39 is 12.0 Å². The summed E-state index contributed by atoms with van der Waals surface area (Å²) < 4.78 is 5.05. The first kappa shape index (κ1) is 10.4. The van der Waals surface area contributed by atoms with E-state index in [0.29, 0.717) is 0 Å². The molecule has 0 aromatic carbocycles. The van der Waals surface area contributed by atoms with Crippen molar-refractivity contribution in [2.75, 3.05) is 6.61 Å². The number of nitrogens with two attached hydrogens (primary N) is 1. The summed E-state index contributed by atoms with van der Waals surface area (Å²) in [5.41, 5.74) is 4.85. The Balaban J connectivity index is 3.37. The van der Waals surface area contributed by atoms with Gasteiger partial charge in [-0.25, -0.2) is 0 Å². The molecule has 1 atom stereocenters. The Labute approximate surface area is 66.3 Å². The van der Waals surface area contributed by atoms with Gasteiger partial charge in [0.15, 0.2) is 0 Å². The van der Waals surface area contributed by atoms with Crippen LogP contribution < -0.4 is 5.73 Å². The molecule has 0 fully saturated rings. The number of primary amides is 1. The molecule has 0 aliphatic rings. The normalized spacial score (nSPS) is 13.5. The fourth-order valence-electron chi connectivity index (χ4n) is 0.595. The first-order valence-corrected chi connectivity index (χ1v) is 3.60. The summed E-state index contributed by atoms with van der Waals surface area (Å²) in [6.45, 7) is 3.88. The standard InChI is InChI=1S/C7H15NO3/c1-5(2)11-4-6(9)3-7(8)10/h5-6,9H,3-4H2,1-2H3,(H2,8,10). The lowest BCUT2D eigenvalue weighted by Crippen LogP contribution is -2.25. The van der Waals surface area contributed by atoms with Gasteiger partial charge in [0.1, 0.15) is 0 Å². The number of carbonyl (C=O) groups excluding carboxylic acids is 1. The zero-order valence-corrected chi connectivity index (χ0v) is 6.91. The molecular formula is C7H15NO3. The Bertz CT molecular complexity index is 125. The highest BCUT2D eigenvalue weighted by atomic mass is 16.5. The fourth-order valence-corrected chi connectivity index (χ4v) is 0.595. The van der Waals surface area contributed by atoms with E-state index in [1.165, 1.54) is 0 Å². The topological polar surface area (TPSA) is 72.6 Å². The summed E-state index contributed by atoms with van der Waals surface area (Å²) in [6.07, 6.45) is -0.736. The van der Waals surface area contributed by atoms with E-state index in [1.807, 2.05) is 13.8 Å². The van der Waals surface area contributed by atoms with Crippen LogP contribution in [0.4, 0.5) is 0 Å². The molecule has 4 nitrogen and oxygen atoms in total. The summed E-state index contributed by atoms with van der Waals surface area (Å²) in [6, 6.07) is 0. The van der Waals surface area contributed by atoms with Crippen LogP contribution in [0.1, 0.15) is 20.3 Å². The van der Waals surface area contributed by atoms with E-state index in [1.54, 1.807) is 0 Å². The lowest BCUT2D eigenvalue weighted by Gasteiger charge is -2.11. The molecule has 0 aliphatic heterocycles. The van der Waals surface area contributed by atoms with Gasteiger partial charge < -0.3 is 15.6 Å². The minimum atomic E-state index is -0.769. The van der Waals surface area contributed by atoms with Crippen molar-refractivity contribution in [3.63, 3.8) is 0 Å². The SMILES string of the molecule is CC(C)OCC(O)CC(N)=O. The number of hydrogen-bond acceptors (Lipinski definition) is 3. The summed E-state index contributed by atoms with van der Waals surface area (Å²) >= 11 is 0. The zero-order chi connectivity index (χ0) is 8.85. The average molecular weight is 161 g/mol. The number of amides is 1. The molecule has 0 heterocycles. The van der Waals surface area contributed by atoms with Crippen LogP contribution in [0.15, 0.2) is 0 Å². The minimum Gasteiger partial charge on any atom is -0.390 e. The van der Waals surface area contributed by atoms with Crippen LogP contribution in [-0.2, 0) is 9.53 Å². The van der Waals surface area contributed by atoms with Crippen molar-refractivity contribution in [3.8, 4) is 0 Å². The number of aliphatic hydroxyl groups is 1. The van der Waals surface area contributed by atoms with Crippen molar-refractivity contribution in [1.29, 1.82) is 0 Å². The molecule has 66 valence electrons. The number of rotatable bonds is 5. The van der Waals surface area contributed by atoms with Crippen molar-refractivity contribution in [1.82, 2.24) is 0 Å². The molecule has 0 saturated carbocycles. The van der Waals surface area contributed by atoms with Crippen LogP contribution in [0, 0.1) is 0 Å². The third-order valence-electron chi connectivity index (χ3n) is 1.06. The molecule has 1 unspecified atom stereocenters. The second kappa shape index (κ2) is 5.09. The highest BCUT2D eigenvalue weighted by Gasteiger charge is 2.08. The molecule has 4 heteroatoms. The van der Waals surface area contributed by atoms with Crippen molar-refractivity contribution in [3.05, 3.63) is 0 Å². The van der Waals surface area contributed by atoms with Gasteiger partial charge in [0, 0.05) is 0 Å². The maximum atomic E-state index is 10.3. The molecule has 0 saturated heterocycles. The van der Waals surface area contributed by atoms with Crippen LogP contribution in [0.5, 0.6) is 0 Å². The Kier molecular flexibility index (Phi) is 4.81. The number of aliphatic hydroxyl groups excluding tert-OH is 1. The zero-order valence-electron chi connectivity index (χ0n) is 6.91. The van der Waals surface area contributed by atoms with Gasteiger partial charge in [0.25, 0.3) is 0 Å². The summed E-state index contributed by atoms with van der Waals surface area (Å²) in [5, 5.41) is 9.04. The number of carbonyl (C=O) groups is 1. The van der Waals surface area contributed by atoms with E-state index in [4.69, 9.17) is 15.6 Å². The quantitative estimate of drug-likeness (QED) is 0.578. The Morgan fingerprint density at radius 1 is 1.64 bits per heavy atom. The third kappa shape index (κ3) is 7.29. The monoisotopic (exact) mass is 161 g/mol. The van der Waals surface area contributed by atoms with Crippen LogP contribution in [-0.4, -0.2) is 29.8 Å². The first-order valence-electron chi connectivity index (χ1n) is 3.60. The molecule has 0 bridgehead atoms. The molecule has 0 aliphatic carbocycles.